The van der Waals surface area contributed by atoms with Crippen molar-refractivity contribution in [2.24, 2.45) is 0 Å². The molecule has 0 amide bonds. The first-order valence-corrected chi connectivity index (χ1v) is 11.7. The first-order valence-electron chi connectivity index (χ1n) is 11.7. The topological polar surface area (TPSA) is 64.2 Å². The summed E-state index contributed by atoms with van der Waals surface area (Å²) < 4.78 is 4.01. The summed E-state index contributed by atoms with van der Waals surface area (Å²) in [6.45, 7) is 4.79. The van der Waals surface area contributed by atoms with E-state index >= 15 is 0 Å². The Labute approximate surface area is 189 Å². The molecular formula is C27H32N2O3. The molecule has 1 saturated carbocycles. The fourth-order valence-electron chi connectivity index (χ4n) is 5.10. The van der Waals surface area contributed by atoms with Crippen molar-refractivity contribution in [3.05, 3.63) is 81.5 Å². The smallest absolute Gasteiger partial charge is 0.336 e. The van der Waals surface area contributed by atoms with Gasteiger partial charge in [-0.1, -0.05) is 75.1 Å². The van der Waals surface area contributed by atoms with Crippen LogP contribution in [0.5, 0.6) is 0 Å². The zero-order valence-corrected chi connectivity index (χ0v) is 19.0. The SMILES string of the molecule is CCCc1c(C)n(C2CCCCC2)c(=O)n1Cc1ccc(-c2ccccc2C(=O)O)cc1. The molecule has 5 heteroatoms. The highest BCUT2D eigenvalue weighted by Crippen LogP contribution is 2.29. The van der Waals surface area contributed by atoms with Crippen molar-refractivity contribution < 1.29 is 9.90 Å². The van der Waals surface area contributed by atoms with Crippen LogP contribution in [0, 0.1) is 6.92 Å². The highest BCUT2D eigenvalue weighted by atomic mass is 16.4. The Morgan fingerprint density at radius 1 is 1.03 bits per heavy atom. The molecule has 1 heterocycles. The molecule has 0 aliphatic heterocycles. The summed E-state index contributed by atoms with van der Waals surface area (Å²) in [6.07, 6.45) is 7.74. The zero-order chi connectivity index (χ0) is 22.7. The molecule has 1 N–H and O–H groups in total. The van der Waals surface area contributed by atoms with Crippen LogP contribution >= 0.6 is 0 Å². The van der Waals surface area contributed by atoms with Gasteiger partial charge < -0.3 is 5.11 Å². The van der Waals surface area contributed by atoms with E-state index < -0.39 is 5.97 Å². The van der Waals surface area contributed by atoms with Gasteiger partial charge in [-0.25, -0.2) is 9.59 Å². The molecule has 1 aliphatic rings. The molecular weight excluding hydrogens is 400 g/mol. The number of aromatic nitrogens is 2. The molecule has 2 aromatic carbocycles. The fraction of sp³-hybridized carbons (Fsp3) is 0.407. The van der Waals surface area contributed by atoms with Gasteiger partial charge in [-0.15, -0.1) is 0 Å². The Bertz CT molecular complexity index is 1150. The number of imidazole rings is 1. The van der Waals surface area contributed by atoms with E-state index in [-0.39, 0.29) is 5.69 Å². The van der Waals surface area contributed by atoms with Gasteiger partial charge in [0.2, 0.25) is 0 Å². The van der Waals surface area contributed by atoms with Crippen LogP contribution in [0.3, 0.4) is 0 Å². The van der Waals surface area contributed by atoms with Crippen LogP contribution in [-0.4, -0.2) is 20.2 Å². The molecule has 5 nitrogen and oxygen atoms in total. The van der Waals surface area contributed by atoms with Crippen molar-refractivity contribution in [3.63, 3.8) is 0 Å². The molecule has 1 aromatic heterocycles. The average molecular weight is 433 g/mol. The maximum atomic E-state index is 13.5. The second-order valence-corrected chi connectivity index (χ2v) is 8.86. The van der Waals surface area contributed by atoms with Gasteiger partial charge in [0, 0.05) is 17.4 Å². The molecule has 0 unspecified atom stereocenters. The molecule has 0 atom stereocenters. The minimum absolute atomic E-state index is 0.109. The molecule has 0 radical (unpaired) electrons. The summed E-state index contributed by atoms with van der Waals surface area (Å²) in [4.78, 5) is 25.0. The molecule has 1 fully saturated rings. The first kappa shape index (κ1) is 22.1. The Morgan fingerprint density at radius 2 is 1.72 bits per heavy atom. The number of rotatable bonds is 7. The van der Waals surface area contributed by atoms with E-state index in [0.717, 1.165) is 48.2 Å². The highest BCUT2D eigenvalue weighted by Gasteiger charge is 2.24. The molecule has 4 rings (SSSR count). The molecule has 0 bridgehead atoms. The Hall–Kier alpha value is -3.08. The Balaban J connectivity index is 1.66. The third kappa shape index (κ3) is 4.29. The number of aromatic carboxylic acids is 1. The molecule has 0 saturated heterocycles. The summed E-state index contributed by atoms with van der Waals surface area (Å²) in [5.41, 5.74) is 5.28. The maximum absolute atomic E-state index is 13.5. The number of hydrogen-bond acceptors (Lipinski definition) is 2. The lowest BCUT2D eigenvalue weighted by Gasteiger charge is -2.23. The van der Waals surface area contributed by atoms with Gasteiger partial charge in [0.1, 0.15) is 0 Å². The second-order valence-electron chi connectivity index (χ2n) is 8.86. The van der Waals surface area contributed by atoms with Crippen molar-refractivity contribution in [3.8, 4) is 11.1 Å². The predicted molar refractivity (Wildman–Crippen MR) is 127 cm³/mol. The summed E-state index contributed by atoms with van der Waals surface area (Å²) >= 11 is 0. The minimum Gasteiger partial charge on any atom is -0.478 e. The van der Waals surface area contributed by atoms with Gasteiger partial charge in [-0.3, -0.25) is 9.13 Å². The van der Waals surface area contributed by atoms with Gasteiger partial charge >= 0.3 is 11.7 Å². The summed E-state index contributed by atoms with van der Waals surface area (Å²) in [7, 11) is 0. The first-order chi connectivity index (χ1) is 15.5. The largest absolute Gasteiger partial charge is 0.478 e. The third-order valence-electron chi connectivity index (χ3n) is 6.73. The van der Waals surface area contributed by atoms with Gasteiger partial charge in [-0.05, 0) is 48.9 Å². The average Bonchev–Trinajstić information content (AvgIpc) is 3.04. The van der Waals surface area contributed by atoms with Gasteiger partial charge in [0.15, 0.2) is 0 Å². The maximum Gasteiger partial charge on any atom is 0.336 e. The summed E-state index contributed by atoms with van der Waals surface area (Å²) in [6, 6.07) is 15.3. The van der Waals surface area contributed by atoms with Crippen LogP contribution in [-0.2, 0) is 13.0 Å². The van der Waals surface area contributed by atoms with Crippen LogP contribution in [0.2, 0.25) is 0 Å². The van der Waals surface area contributed by atoms with Crippen molar-refractivity contribution >= 4 is 5.97 Å². The van der Waals surface area contributed by atoms with E-state index in [1.807, 2.05) is 41.0 Å². The van der Waals surface area contributed by atoms with Crippen LogP contribution in [0.4, 0.5) is 0 Å². The van der Waals surface area contributed by atoms with Crippen LogP contribution in [0.15, 0.2) is 53.3 Å². The van der Waals surface area contributed by atoms with Crippen molar-refractivity contribution in [1.29, 1.82) is 0 Å². The van der Waals surface area contributed by atoms with E-state index in [4.69, 9.17) is 0 Å². The standard InChI is InChI=1S/C27H32N2O3/c1-3-9-25-19(2)29(22-10-5-4-6-11-22)27(32)28(25)18-20-14-16-21(17-15-20)23-12-7-8-13-24(23)26(30)31/h7-8,12-17,22H,3-6,9-11,18H2,1-2H3,(H,30,31). The highest BCUT2D eigenvalue weighted by molar-refractivity contribution is 5.95. The lowest BCUT2D eigenvalue weighted by atomic mass is 9.95. The molecule has 0 spiro atoms. The summed E-state index contributed by atoms with van der Waals surface area (Å²) in [5, 5.41) is 9.48. The number of carboxylic acids is 1. The normalized spacial score (nSPS) is 14.6. The number of hydrogen-bond donors (Lipinski definition) is 1. The fourth-order valence-corrected chi connectivity index (χ4v) is 5.10. The van der Waals surface area contributed by atoms with Crippen molar-refractivity contribution in [2.45, 2.75) is 71.4 Å². The van der Waals surface area contributed by atoms with E-state index in [1.54, 1.807) is 12.1 Å². The minimum atomic E-state index is -0.931. The van der Waals surface area contributed by atoms with Gasteiger partial charge in [0.05, 0.1) is 12.1 Å². The second kappa shape index (κ2) is 9.60. The van der Waals surface area contributed by atoms with Crippen LogP contribution < -0.4 is 5.69 Å². The number of nitrogens with zero attached hydrogens (tertiary/aromatic N) is 2. The van der Waals surface area contributed by atoms with Gasteiger partial charge in [-0.2, -0.15) is 0 Å². The molecule has 1 aliphatic carbocycles. The van der Waals surface area contributed by atoms with E-state index in [0.29, 0.717) is 23.7 Å². The lowest BCUT2D eigenvalue weighted by molar-refractivity contribution is 0.0697. The zero-order valence-electron chi connectivity index (χ0n) is 19.0. The molecule has 168 valence electrons. The van der Waals surface area contributed by atoms with E-state index in [2.05, 4.69) is 18.4 Å². The van der Waals surface area contributed by atoms with Crippen molar-refractivity contribution in [2.75, 3.05) is 0 Å². The third-order valence-corrected chi connectivity index (χ3v) is 6.73. The predicted octanol–water partition coefficient (Wildman–Crippen LogP) is 5.83. The monoisotopic (exact) mass is 432 g/mol. The van der Waals surface area contributed by atoms with Crippen LogP contribution in [0.25, 0.3) is 11.1 Å². The molecule has 32 heavy (non-hydrogen) atoms. The number of benzene rings is 2. The number of carboxylic acid groups (broad SMARTS) is 1. The van der Waals surface area contributed by atoms with Crippen molar-refractivity contribution in [1.82, 2.24) is 9.13 Å². The number of carbonyl (C=O) groups is 1. The lowest BCUT2D eigenvalue weighted by Crippen LogP contribution is -2.29. The Kier molecular flexibility index (Phi) is 6.63. The summed E-state index contributed by atoms with van der Waals surface area (Å²) in [5.74, 6) is -0.931. The quantitative estimate of drug-likeness (QED) is 0.511. The Morgan fingerprint density at radius 3 is 2.38 bits per heavy atom. The van der Waals surface area contributed by atoms with Crippen LogP contribution in [0.1, 0.15) is 78.8 Å². The van der Waals surface area contributed by atoms with E-state index in [9.17, 15) is 14.7 Å². The molecule has 3 aromatic rings. The van der Waals surface area contributed by atoms with Gasteiger partial charge in [0.25, 0.3) is 0 Å². The van der Waals surface area contributed by atoms with E-state index in [1.165, 1.54) is 19.3 Å².